The van der Waals surface area contributed by atoms with Gasteiger partial charge in [0.25, 0.3) is 0 Å². The summed E-state index contributed by atoms with van der Waals surface area (Å²) < 4.78 is 0. The Morgan fingerprint density at radius 2 is 1.78 bits per heavy atom. The summed E-state index contributed by atoms with van der Waals surface area (Å²) in [5.74, 6) is 0.767. The highest BCUT2D eigenvalue weighted by atomic mass is 15.2. The van der Waals surface area contributed by atoms with Crippen molar-refractivity contribution in [2.75, 3.05) is 45.8 Å². The van der Waals surface area contributed by atoms with Crippen molar-refractivity contribution < 1.29 is 0 Å². The summed E-state index contributed by atoms with van der Waals surface area (Å²) >= 11 is 0. The maximum atomic E-state index is 3.62. The molecule has 1 unspecified atom stereocenters. The van der Waals surface area contributed by atoms with Crippen molar-refractivity contribution in [2.45, 2.75) is 46.6 Å². The summed E-state index contributed by atoms with van der Waals surface area (Å²) in [5.41, 5.74) is 0. The number of rotatable bonds is 9. The molecule has 1 heterocycles. The molecule has 0 amide bonds. The van der Waals surface area contributed by atoms with E-state index in [0.29, 0.717) is 0 Å². The molecule has 0 aromatic heterocycles. The largest absolute Gasteiger partial charge is 0.313 e. The van der Waals surface area contributed by atoms with Gasteiger partial charge in [-0.05, 0) is 38.4 Å². The van der Waals surface area contributed by atoms with Crippen LogP contribution in [0.25, 0.3) is 0 Å². The van der Waals surface area contributed by atoms with Gasteiger partial charge in [-0.2, -0.15) is 0 Å². The molecule has 1 atom stereocenters. The Balaban J connectivity index is 2.33. The molecular weight excluding hydrogens is 222 g/mol. The molecule has 0 aromatic carbocycles. The Morgan fingerprint density at radius 3 is 2.28 bits per heavy atom. The van der Waals surface area contributed by atoms with E-state index in [1.807, 2.05) is 0 Å². The van der Waals surface area contributed by atoms with Gasteiger partial charge >= 0.3 is 0 Å². The van der Waals surface area contributed by atoms with E-state index in [1.54, 1.807) is 0 Å². The molecule has 1 rings (SSSR count). The zero-order chi connectivity index (χ0) is 13.4. The molecule has 1 aliphatic heterocycles. The van der Waals surface area contributed by atoms with Gasteiger partial charge in [-0.3, -0.25) is 0 Å². The van der Waals surface area contributed by atoms with Crippen LogP contribution >= 0.6 is 0 Å². The molecule has 3 heteroatoms. The van der Waals surface area contributed by atoms with Gasteiger partial charge in [0.15, 0.2) is 0 Å². The minimum atomic E-state index is 0.737. The fourth-order valence-electron chi connectivity index (χ4n) is 2.82. The van der Waals surface area contributed by atoms with Crippen LogP contribution in [0, 0.1) is 5.92 Å². The topological polar surface area (TPSA) is 18.5 Å². The summed E-state index contributed by atoms with van der Waals surface area (Å²) in [4.78, 5) is 5.18. The zero-order valence-electron chi connectivity index (χ0n) is 12.9. The Kier molecular flexibility index (Phi) is 7.87. The van der Waals surface area contributed by atoms with Crippen LogP contribution in [0.15, 0.2) is 0 Å². The Hall–Kier alpha value is -0.120. The predicted molar refractivity (Wildman–Crippen MR) is 80.1 cm³/mol. The van der Waals surface area contributed by atoms with Gasteiger partial charge in [0.05, 0.1) is 0 Å². The SMILES string of the molecule is CCN(CC)CCN(CC(C)C)CC1CCCN1. The quantitative estimate of drug-likeness (QED) is 0.680. The number of nitrogens with one attached hydrogen (secondary N) is 1. The van der Waals surface area contributed by atoms with Gasteiger partial charge in [0.2, 0.25) is 0 Å². The first-order valence-electron chi connectivity index (χ1n) is 7.83. The summed E-state index contributed by atoms with van der Waals surface area (Å²) in [6, 6.07) is 0.737. The third-order valence-electron chi connectivity index (χ3n) is 3.89. The molecule has 18 heavy (non-hydrogen) atoms. The van der Waals surface area contributed by atoms with Gasteiger partial charge in [-0.1, -0.05) is 27.7 Å². The molecule has 3 nitrogen and oxygen atoms in total. The molecule has 1 N–H and O–H groups in total. The van der Waals surface area contributed by atoms with E-state index in [9.17, 15) is 0 Å². The summed E-state index contributed by atoms with van der Waals surface area (Å²) in [5, 5.41) is 3.62. The van der Waals surface area contributed by atoms with Crippen LogP contribution in [-0.4, -0.2) is 61.7 Å². The molecule has 1 saturated heterocycles. The van der Waals surface area contributed by atoms with E-state index < -0.39 is 0 Å². The van der Waals surface area contributed by atoms with E-state index in [2.05, 4.69) is 42.8 Å². The van der Waals surface area contributed by atoms with Crippen molar-refractivity contribution in [2.24, 2.45) is 5.92 Å². The third kappa shape index (κ3) is 6.17. The lowest BCUT2D eigenvalue weighted by Crippen LogP contribution is -2.43. The molecular formula is C15H33N3. The highest BCUT2D eigenvalue weighted by Gasteiger charge is 2.18. The average molecular weight is 255 g/mol. The van der Waals surface area contributed by atoms with Crippen LogP contribution in [0.4, 0.5) is 0 Å². The highest BCUT2D eigenvalue weighted by molar-refractivity contribution is 4.78. The summed E-state index contributed by atoms with van der Waals surface area (Å²) in [7, 11) is 0. The van der Waals surface area contributed by atoms with Crippen LogP contribution in [0.5, 0.6) is 0 Å². The minimum Gasteiger partial charge on any atom is -0.313 e. The summed E-state index contributed by atoms with van der Waals surface area (Å²) in [6.07, 6.45) is 2.72. The molecule has 0 radical (unpaired) electrons. The number of hydrogen-bond acceptors (Lipinski definition) is 3. The Bertz CT molecular complexity index is 196. The van der Waals surface area contributed by atoms with E-state index >= 15 is 0 Å². The first-order valence-corrected chi connectivity index (χ1v) is 7.83. The lowest BCUT2D eigenvalue weighted by molar-refractivity contribution is 0.186. The van der Waals surface area contributed by atoms with E-state index in [1.165, 1.54) is 58.7 Å². The van der Waals surface area contributed by atoms with Gasteiger partial charge in [-0.25, -0.2) is 0 Å². The lowest BCUT2D eigenvalue weighted by atomic mass is 10.1. The minimum absolute atomic E-state index is 0.737. The molecule has 0 saturated carbocycles. The second-order valence-corrected chi connectivity index (χ2v) is 5.97. The molecule has 1 aliphatic rings. The Labute approximate surface area is 114 Å². The number of nitrogens with zero attached hydrogens (tertiary/aromatic N) is 2. The van der Waals surface area contributed by atoms with Gasteiger partial charge in [-0.15, -0.1) is 0 Å². The monoisotopic (exact) mass is 255 g/mol. The fourth-order valence-corrected chi connectivity index (χ4v) is 2.82. The second kappa shape index (κ2) is 8.89. The van der Waals surface area contributed by atoms with Gasteiger partial charge in [0.1, 0.15) is 0 Å². The van der Waals surface area contributed by atoms with Crippen molar-refractivity contribution in [3.05, 3.63) is 0 Å². The zero-order valence-corrected chi connectivity index (χ0v) is 12.9. The molecule has 0 spiro atoms. The predicted octanol–water partition coefficient (Wildman–Crippen LogP) is 2.04. The van der Waals surface area contributed by atoms with Crippen molar-refractivity contribution in [3.8, 4) is 0 Å². The molecule has 0 bridgehead atoms. The Morgan fingerprint density at radius 1 is 1.11 bits per heavy atom. The van der Waals surface area contributed by atoms with Crippen LogP contribution in [0.2, 0.25) is 0 Å². The number of hydrogen-bond donors (Lipinski definition) is 1. The molecule has 108 valence electrons. The number of likely N-dealkylation sites (N-methyl/N-ethyl adjacent to an activating group) is 1. The van der Waals surface area contributed by atoms with E-state index in [0.717, 1.165) is 12.0 Å². The van der Waals surface area contributed by atoms with Crippen LogP contribution < -0.4 is 5.32 Å². The maximum absolute atomic E-state index is 3.62. The molecule has 1 fully saturated rings. The van der Waals surface area contributed by atoms with Crippen molar-refractivity contribution in [1.82, 2.24) is 15.1 Å². The molecule has 0 aliphatic carbocycles. The van der Waals surface area contributed by atoms with Crippen molar-refractivity contribution in [1.29, 1.82) is 0 Å². The summed E-state index contributed by atoms with van der Waals surface area (Å²) in [6.45, 7) is 17.6. The first kappa shape index (κ1) is 15.9. The van der Waals surface area contributed by atoms with Crippen LogP contribution in [0.1, 0.15) is 40.5 Å². The van der Waals surface area contributed by atoms with Crippen molar-refractivity contribution >= 4 is 0 Å². The third-order valence-corrected chi connectivity index (χ3v) is 3.89. The fraction of sp³-hybridized carbons (Fsp3) is 1.00. The van der Waals surface area contributed by atoms with E-state index in [-0.39, 0.29) is 0 Å². The maximum Gasteiger partial charge on any atom is 0.0195 e. The van der Waals surface area contributed by atoms with Gasteiger partial charge in [0, 0.05) is 32.2 Å². The smallest absolute Gasteiger partial charge is 0.0195 e. The lowest BCUT2D eigenvalue weighted by Gasteiger charge is -2.29. The standard InChI is InChI=1S/C15H33N3/c1-5-17(6-2)10-11-18(12-14(3)4)13-15-8-7-9-16-15/h14-16H,5-13H2,1-4H3. The van der Waals surface area contributed by atoms with Gasteiger partial charge < -0.3 is 15.1 Å². The first-order chi connectivity index (χ1) is 8.65. The second-order valence-electron chi connectivity index (χ2n) is 5.97. The van der Waals surface area contributed by atoms with Crippen LogP contribution in [0.3, 0.4) is 0 Å². The van der Waals surface area contributed by atoms with Crippen LogP contribution in [-0.2, 0) is 0 Å². The van der Waals surface area contributed by atoms with E-state index in [4.69, 9.17) is 0 Å². The highest BCUT2D eigenvalue weighted by Crippen LogP contribution is 2.08. The molecule has 0 aromatic rings. The average Bonchev–Trinajstić information content (AvgIpc) is 2.82. The van der Waals surface area contributed by atoms with Crippen molar-refractivity contribution in [3.63, 3.8) is 0 Å². The normalized spacial score (nSPS) is 20.5.